The topological polar surface area (TPSA) is 58.4 Å². The Kier molecular flexibility index (Phi) is 4.56. The van der Waals surface area contributed by atoms with Gasteiger partial charge in [0.2, 0.25) is 5.91 Å². The zero-order valence-electron chi connectivity index (χ0n) is 12.5. The van der Waals surface area contributed by atoms with Gasteiger partial charge in [0.25, 0.3) is 0 Å². The van der Waals surface area contributed by atoms with Crippen molar-refractivity contribution in [3.63, 3.8) is 0 Å². The van der Waals surface area contributed by atoms with Gasteiger partial charge in [0.05, 0.1) is 6.04 Å². The molecule has 2 unspecified atom stereocenters. The van der Waals surface area contributed by atoms with E-state index in [9.17, 15) is 4.79 Å². The highest BCUT2D eigenvalue weighted by Crippen LogP contribution is 2.23. The first-order valence-electron chi connectivity index (χ1n) is 8.04. The van der Waals surface area contributed by atoms with E-state index in [0.29, 0.717) is 5.92 Å². The summed E-state index contributed by atoms with van der Waals surface area (Å²) in [6, 6.07) is 10.8. The van der Waals surface area contributed by atoms with Gasteiger partial charge in [-0.05, 0) is 43.7 Å². The van der Waals surface area contributed by atoms with Gasteiger partial charge in [0.15, 0.2) is 0 Å². The lowest BCUT2D eigenvalue weighted by molar-refractivity contribution is -0.138. The van der Waals surface area contributed by atoms with Gasteiger partial charge in [-0.2, -0.15) is 0 Å². The second-order valence-electron chi connectivity index (χ2n) is 6.42. The number of piperidine rings is 1. The molecule has 0 aliphatic carbocycles. The van der Waals surface area contributed by atoms with Crippen LogP contribution in [0.1, 0.15) is 24.8 Å². The van der Waals surface area contributed by atoms with E-state index >= 15 is 0 Å². The van der Waals surface area contributed by atoms with Gasteiger partial charge in [-0.1, -0.05) is 30.3 Å². The molecule has 1 aromatic carbocycles. The Bertz CT molecular complexity index is 470. The number of aryl methyl sites for hydroxylation is 1. The Morgan fingerprint density at radius 1 is 1.29 bits per heavy atom. The molecule has 2 fully saturated rings. The number of nitrogens with two attached hydrogens (primary N) is 1. The van der Waals surface area contributed by atoms with Crippen LogP contribution in [-0.2, 0) is 11.2 Å². The predicted octanol–water partition coefficient (Wildman–Crippen LogP) is 1.16. The molecule has 0 radical (unpaired) electrons. The van der Waals surface area contributed by atoms with Crippen molar-refractivity contribution in [3.8, 4) is 0 Å². The van der Waals surface area contributed by atoms with E-state index in [4.69, 9.17) is 5.73 Å². The maximum absolute atomic E-state index is 12.4. The quantitative estimate of drug-likeness (QED) is 0.873. The molecule has 21 heavy (non-hydrogen) atoms. The minimum atomic E-state index is 0.00650. The number of carbonyl (C=O) groups is 1. The van der Waals surface area contributed by atoms with Crippen LogP contribution in [0, 0.1) is 5.92 Å². The van der Waals surface area contributed by atoms with E-state index in [0.717, 1.165) is 32.5 Å². The van der Waals surface area contributed by atoms with Gasteiger partial charge < -0.3 is 16.0 Å². The molecular weight excluding hydrogens is 262 g/mol. The molecule has 2 aliphatic heterocycles. The molecule has 2 heterocycles. The standard InChI is InChI=1S/C17H25N3O/c18-15-11-20(12-15)17(21)16-10-14(8-9-19-16)7-6-13-4-2-1-3-5-13/h1-5,14-16,19H,6-12,18H2. The number of nitrogens with zero attached hydrogens (tertiary/aromatic N) is 1. The van der Waals surface area contributed by atoms with Gasteiger partial charge in [0, 0.05) is 19.1 Å². The summed E-state index contributed by atoms with van der Waals surface area (Å²) in [6.45, 7) is 2.41. The van der Waals surface area contributed by atoms with Crippen LogP contribution in [0.2, 0.25) is 0 Å². The first kappa shape index (κ1) is 14.5. The fourth-order valence-corrected chi connectivity index (χ4v) is 3.38. The van der Waals surface area contributed by atoms with E-state index in [1.54, 1.807) is 0 Å². The minimum Gasteiger partial charge on any atom is -0.338 e. The maximum Gasteiger partial charge on any atom is 0.239 e. The number of rotatable bonds is 4. The lowest BCUT2D eigenvalue weighted by atomic mass is 9.86. The Morgan fingerprint density at radius 2 is 2.05 bits per heavy atom. The monoisotopic (exact) mass is 287 g/mol. The Balaban J connectivity index is 1.48. The molecule has 1 amide bonds. The van der Waals surface area contributed by atoms with Crippen molar-refractivity contribution in [2.45, 2.75) is 37.8 Å². The normalized spacial score (nSPS) is 26.4. The number of nitrogens with one attached hydrogen (secondary N) is 1. The van der Waals surface area contributed by atoms with Crippen molar-refractivity contribution in [2.24, 2.45) is 11.7 Å². The Morgan fingerprint density at radius 3 is 2.76 bits per heavy atom. The lowest BCUT2D eigenvalue weighted by Gasteiger charge is -2.41. The van der Waals surface area contributed by atoms with Crippen LogP contribution >= 0.6 is 0 Å². The summed E-state index contributed by atoms with van der Waals surface area (Å²) < 4.78 is 0. The van der Waals surface area contributed by atoms with Gasteiger partial charge in [0.1, 0.15) is 0 Å². The number of hydrogen-bond donors (Lipinski definition) is 2. The van der Waals surface area contributed by atoms with Gasteiger partial charge >= 0.3 is 0 Å². The SMILES string of the molecule is NC1CN(C(=O)C2CC(CCc3ccccc3)CCN2)C1. The van der Waals surface area contributed by atoms with Crippen LogP contribution in [0.15, 0.2) is 30.3 Å². The summed E-state index contributed by atoms with van der Waals surface area (Å²) in [7, 11) is 0. The molecule has 3 N–H and O–H groups in total. The second kappa shape index (κ2) is 6.58. The summed E-state index contributed by atoms with van der Waals surface area (Å²) >= 11 is 0. The average molecular weight is 287 g/mol. The van der Waals surface area contributed by atoms with Crippen molar-refractivity contribution in [3.05, 3.63) is 35.9 Å². The van der Waals surface area contributed by atoms with Crippen LogP contribution in [0.4, 0.5) is 0 Å². The molecule has 3 rings (SSSR count). The van der Waals surface area contributed by atoms with Gasteiger partial charge in [-0.25, -0.2) is 0 Å². The summed E-state index contributed by atoms with van der Waals surface area (Å²) in [5.41, 5.74) is 7.16. The predicted molar refractivity (Wildman–Crippen MR) is 83.8 cm³/mol. The van der Waals surface area contributed by atoms with Crippen molar-refractivity contribution in [1.82, 2.24) is 10.2 Å². The molecule has 0 spiro atoms. The van der Waals surface area contributed by atoms with Crippen molar-refractivity contribution < 1.29 is 4.79 Å². The molecule has 2 atom stereocenters. The molecule has 4 nitrogen and oxygen atoms in total. The van der Waals surface area contributed by atoms with Crippen LogP contribution in [0.5, 0.6) is 0 Å². The molecular formula is C17H25N3O. The maximum atomic E-state index is 12.4. The molecule has 114 valence electrons. The number of hydrogen-bond acceptors (Lipinski definition) is 3. The first-order valence-corrected chi connectivity index (χ1v) is 8.04. The second-order valence-corrected chi connectivity index (χ2v) is 6.42. The summed E-state index contributed by atoms with van der Waals surface area (Å²) in [5, 5.41) is 3.38. The number of likely N-dealkylation sites (tertiary alicyclic amines) is 1. The largest absolute Gasteiger partial charge is 0.338 e. The number of amides is 1. The van der Waals surface area contributed by atoms with Crippen molar-refractivity contribution >= 4 is 5.91 Å². The van der Waals surface area contributed by atoms with Crippen LogP contribution < -0.4 is 11.1 Å². The third-order valence-corrected chi connectivity index (χ3v) is 4.72. The number of carbonyl (C=O) groups excluding carboxylic acids is 1. The molecule has 2 aliphatic rings. The summed E-state index contributed by atoms with van der Waals surface area (Å²) in [6.07, 6.45) is 4.43. The fourth-order valence-electron chi connectivity index (χ4n) is 3.38. The van der Waals surface area contributed by atoms with Crippen LogP contribution in [0.25, 0.3) is 0 Å². The minimum absolute atomic E-state index is 0.00650. The van der Waals surface area contributed by atoms with E-state index in [1.165, 1.54) is 18.4 Å². The third kappa shape index (κ3) is 3.63. The molecule has 1 aromatic rings. The Hall–Kier alpha value is -1.39. The molecule has 0 aromatic heterocycles. The van der Waals surface area contributed by atoms with E-state index in [-0.39, 0.29) is 18.0 Å². The smallest absolute Gasteiger partial charge is 0.239 e. The highest BCUT2D eigenvalue weighted by Gasteiger charge is 2.34. The molecule has 0 bridgehead atoms. The van der Waals surface area contributed by atoms with Crippen LogP contribution in [0.3, 0.4) is 0 Å². The average Bonchev–Trinajstić information content (AvgIpc) is 2.50. The lowest BCUT2D eigenvalue weighted by Crippen LogP contribution is -2.62. The van der Waals surface area contributed by atoms with E-state index in [1.807, 2.05) is 4.90 Å². The Labute approximate surface area is 126 Å². The highest BCUT2D eigenvalue weighted by molar-refractivity contribution is 5.82. The summed E-state index contributed by atoms with van der Waals surface area (Å²) in [4.78, 5) is 14.2. The van der Waals surface area contributed by atoms with Crippen molar-refractivity contribution in [2.75, 3.05) is 19.6 Å². The van der Waals surface area contributed by atoms with E-state index in [2.05, 4.69) is 35.6 Å². The molecule has 0 saturated carbocycles. The fraction of sp³-hybridized carbons (Fsp3) is 0.588. The molecule has 2 saturated heterocycles. The van der Waals surface area contributed by atoms with E-state index < -0.39 is 0 Å². The highest BCUT2D eigenvalue weighted by atomic mass is 16.2. The number of benzene rings is 1. The first-order chi connectivity index (χ1) is 10.2. The van der Waals surface area contributed by atoms with Gasteiger partial charge in [-0.3, -0.25) is 4.79 Å². The third-order valence-electron chi connectivity index (χ3n) is 4.72. The van der Waals surface area contributed by atoms with Gasteiger partial charge in [-0.15, -0.1) is 0 Å². The zero-order valence-corrected chi connectivity index (χ0v) is 12.5. The zero-order chi connectivity index (χ0) is 14.7. The van der Waals surface area contributed by atoms with Crippen molar-refractivity contribution in [1.29, 1.82) is 0 Å². The van der Waals surface area contributed by atoms with Crippen LogP contribution in [-0.4, -0.2) is 42.5 Å². The summed E-state index contributed by atoms with van der Waals surface area (Å²) in [5.74, 6) is 0.900. The molecule has 4 heteroatoms.